The van der Waals surface area contributed by atoms with Crippen LogP contribution < -0.4 is 0 Å². The number of hydrazine groups is 1. The van der Waals surface area contributed by atoms with E-state index < -0.39 is 0 Å². The third-order valence-corrected chi connectivity index (χ3v) is 4.02. The molecule has 1 aromatic carbocycles. The van der Waals surface area contributed by atoms with Gasteiger partial charge in [0.15, 0.2) is 0 Å². The van der Waals surface area contributed by atoms with Gasteiger partial charge in [-0.1, -0.05) is 30.3 Å². The van der Waals surface area contributed by atoms with Crippen molar-refractivity contribution < 1.29 is 4.79 Å². The Hall–Kier alpha value is -1.35. The maximum absolute atomic E-state index is 11.8. The fourth-order valence-electron chi connectivity index (χ4n) is 3.14. The van der Waals surface area contributed by atoms with Crippen LogP contribution in [0.4, 0.5) is 0 Å². The summed E-state index contributed by atoms with van der Waals surface area (Å²) in [5.74, 6) is 0.315. The molecule has 0 saturated carbocycles. The predicted octanol–water partition coefficient (Wildman–Crippen LogP) is 2.23. The van der Waals surface area contributed by atoms with E-state index in [1.165, 1.54) is 18.4 Å². The normalized spacial score (nSPS) is 25.0. The molecule has 1 atom stereocenters. The van der Waals surface area contributed by atoms with E-state index >= 15 is 0 Å². The fraction of sp³-hybridized carbons (Fsp3) is 0.533. The molecule has 2 aliphatic rings. The maximum atomic E-state index is 11.8. The molecule has 2 aliphatic heterocycles. The molecule has 18 heavy (non-hydrogen) atoms. The Morgan fingerprint density at radius 1 is 1.11 bits per heavy atom. The number of carbonyl (C=O) groups excluding carboxylic acids is 1. The number of benzene rings is 1. The van der Waals surface area contributed by atoms with Crippen LogP contribution in [-0.4, -0.2) is 35.1 Å². The van der Waals surface area contributed by atoms with Crippen molar-refractivity contribution in [2.24, 2.45) is 0 Å². The zero-order chi connectivity index (χ0) is 12.4. The number of rotatable bonds is 3. The number of hydrogen-bond acceptors (Lipinski definition) is 2. The lowest BCUT2D eigenvalue weighted by atomic mass is 10.0. The van der Waals surface area contributed by atoms with Gasteiger partial charge in [0.2, 0.25) is 5.91 Å². The molecule has 0 unspecified atom stereocenters. The van der Waals surface area contributed by atoms with Crippen LogP contribution >= 0.6 is 0 Å². The van der Waals surface area contributed by atoms with Crippen LogP contribution in [0.25, 0.3) is 0 Å². The van der Waals surface area contributed by atoms with Crippen LogP contribution in [0, 0.1) is 0 Å². The molecule has 0 aromatic heterocycles. The quantitative estimate of drug-likeness (QED) is 0.814. The number of hydrogen-bond donors (Lipinski definition) is 0. The highest BCUT2D eigenvalue weighted by molar-refractivity contribution is 5.77. The molecule has 0 bridgehead atoms. The van der Waals surface area contributed by atoms with E-state index in [1.54, 1.807) is 0 Å². The minimum absolute atomic E-state index is 0.315. The van der Waals surface area contributed by atoms with Gasteiger partial charge in [-0.3, -0.25) is 9.80 Å². The van der Waals surface area contributed by atoms with Crippen molar-refractivity contribution in [2.45, 2.75) is 38.1 Å². The molecular weight excluding hydrogens is 224 g/mol. The summed E-state index contributed by atoms with van der Waals surface area (Å²) < 4.78 is 0. The number of amides is 1. The highest BCUT2D eigenvalue weighted by Gasteiger charge is 2.34. The summed E-state index contributed by atoms with van der Waals surface area (Å²) >= 11 is 0. The molecule has 3 heteroatoms. The molecule has 2 saturated heterocycles. The molecule has 3 nitrogen and oxygen atoms in total. The van der Waals surface area contributed by atoms with Crippen molar-refractivity contribution in [3.63, 3.8) is 0 Å². The molecular formula is C15H20N2O. The van der Waals surface area contributed by atoms with Crippen LogP contribution in [0.15, 0.2) is 30.3 Å². The second-order valence-corrected chi connectivity index (χ2v) is 5.27. The summed E-state index contributed by atoms with van der Waals surface area (Å²) in [6.45, 7) is 1.97. The first kappa shape index (κ1) is 11.7. The van der Waals surface area contributed by atoms with Gasteiger partial charge in [-0.15, -0.1) is 0 Å². The van der Waals surface area contributed by atoms with Crippen LogP contribution in [-0.2, 0) is 11.2 Å². The highest BCUT2D eigenvalue weighted by atomic mass is 16.2. The van der Waals surface area contributed by atoms with Crippen molar-refractivity contribution in [2.75, 3.05) is 13.1 Å². The van der Waals surface area contributed by atoms with Crippen LogP contribution in [0.1, 0.15) is 31.2 Å². The Kier molecular flexibility index (Phi) is 3.33. The van der Waals surface area contributed by atoms with Crippen LogP contribution in [0.3, 0.4) is 0 Å². The second kappa shape index (κ2) is 5.11. The lowest BCUT2D eigenvalue weighted by molar-refractivity contribution is -0.144. The molecule has 0 N–H and O–H groups in total. The first-order valence-electron chi connectivity index (χ1n) is 6.95. The first-order valence-corrected chi connectivity index (χ1v) is 6.95. The van der Waals surface area contributed by atoms with Gasteiger partial charge < -0.3 is 0 Å². The summed E-state index contributed by atoms with van der Waals surface area (Å²) in [6.07, 6.45) is 5.23. The molecule has 1 amide bonds. The third-order valence-electron chi connectivity index (χ3n) is 4.02. The SMILES string of the molecule is O=C1CCCN1N1CCC[C@H]1Cc1ccccc1. The predicted molar refractivity (Wildman–Crippen MR) is 70.8 cm³/mol. The van der Waals surface area contributed by atoms with E-state index in [9.17, 15) is 4.79 Å². The zero-order valence-corrected chi connectivity index (χ0v) is 10.7. The van der Waals surface area contributed by atoms with E-state index in [2.05, 4.69) is 35.3 Å². The van der Waals surface area contributed by atoms with Gasteiger partial charge in [-0.25, -0.2) is 5.01 Å². The minimum atomic E-state index is 0.315. The maximum Gasteiger partial charge on any atom is 0.236 e. The summed E-state index contributed by atoms with van der Waals surface area (Å²) in [6, 6.07) is 11.1. The van der Waals surface area contributed by atoms with Crippen molar-refractivity contribution in [1.82, 2.24) is 10.0 Å². The number of carbonyl (C=O) groups is 1. The van der Waals surface area contributed by atoms with Gasteiger partial charge in [-0.05, 0) is 31.2 Å². The van der Waals surface area contributed by atoms with Crippen molar-refractivity contribution >= 4 is 5.91 Å². The van der Waals surface area contributed by atoms with Crippen molar-refractivity contribution in [3.05, 3.63) is 35.9 Å². The van der Waals surface area contributed by atoms with Gasteiger partial charge in [0.25, 0.3) is 0 Å². The van der Waals surface area contributed by atoms with E-state index in [1.807, 2.05) is 5.01 Å². The van der Waals surface area contributed by atoms with Crippen molar-refractivity contribution in [3.8, 4) is 0 Å². The molecule has 3 rings (SSSR count). The average Bonchev–Trinajstić information content (AvgIpc) is 2.99. The fourth-order valence-corrected chi connectivity index (χ4v) is 3.14. The van der Waals surface area contributed by atoms with Crippen molar-refractivity contribution in [1.29, 1.82) is 0 Å². The number of nitrogens with zero attached hydrogens (tertiary/aromatic N) is 2. The van der Waals surface area contributed by atoms with Crippen LogP contribution in [0.2, 0.25) is 0 Å². The Morgan fingerprint density at radius 2 is 1.94 bits per heavy atom. The Bertz CT molecular complexity index is 418. The zero-order valence-electron chi connectivity index (χ0n) is 10.7. The van der Waals surface area contributed by atoms with Gasteiger partial charge >= 0.3 is 0 Å². The van der Waals surface area contributed by atoms with Gasteiger partial charge in [-0.2, -0.15) is 0 Å². The molecule has 2 heterocycles. The highest BCUT2D eigenvalue weighted by Crippen LogP contribution is 2.26. The molecule has 0 radical (unpaired) electrons. The average molecular weight is 244 g/mol. The summed E-state index contributed by atoms with van der Waals surface area (Å²) in [5, 5.41) is 4.32. The Balaban J connectivity index is 1.69. The topological polar surface area (TPSA) is 23.6 Å². The minimum Gasteiger partial charge on any atom is -0.275 e. The molecule has 2 fully saturated rings. The molecule has 96 valence electrons. The van der Waals surface area contributed by atoms with E-state index in [-0.39, 0.29) is 0 Å². The lowest BCUT2D eigenvalue weighted by Crippen LogP contribution is -2.46. The first-order chi connectivity index (χ1) is 8.84. The summed E-state index contributed by atoms with van der Waals surface area (Å²) in [7, 11) is 0. The monoisotopic (exact) mass is 244 g/mol. The molecule has 1 aromatic rings. The van der Waals surface area contributed by atoms with Gasteiger partial charge in [0.1, 0.15) is 0 Å². The largest absolute Gasteiger partial charge is 0.275 e. The van der Waals surface area contributed by atoms with Gasteiger partial charge in [0.05, 0.1) is 0 Å². The van der Waals surface area contributed by atoms with E-state index in [0.29, 0.717) is 11.9 Å². The lowest BCUT2D eigenvalue weighted by Gasteiger charge is -2.33. The Morgan fingerprint density at radius 3 is 2.67 bits per heavy atom. The van der Waals surface area contributed by atoms with Crippen LogP contribution in [0.5, 0.6) is 0 Å². The van der Waals surface area contributed by atoms with E-state index in [4.69, 9.17) is 0 Å². The summed E-state index contributed by atoms with van der Waals surface area (Å²) in [5.41, 5.74) is 1.38. The van der Waals surface area contributed by atoms with Gasteiger partial charge in [0, 0.05) is 25.6 Å². The molecule has 0 spiro atoms. The Labute approximate surface area is 108 Å². The summed E-state index contributed by atoms with van der Waals surface area (Å²) in [4.78, 5) is 11.8. The second-order valence-electron chi connectivity index (χ2n) is 5.27. The van der Waals surface area contributed by atoms with E-state index in [0.717, 1.165) is 32.4 Å². The smallest absolute Gasteiger partial charge is 0.236 e. The third kappa shape index (κ3) is 2.27. The standard InChI is InChI=1S/C15H20N2O/c18-15-9-5-11-17(15)16-10-4-8-14(16)12-13-6-2-1-3-7-13/h1-3,6-7,14H,4-5,8-12H2/t14-/m0/s1. The molecule has 0 aliphatic carbocycles.